The Balaban J connectivity index is 2.06. The summed E-state index contributed by atoms with van der Waals surface area (Å²) in [4.78, 5) is 11.0. The number of benzene rings is 1. The van der Waals surface area contributed by atoms with E-state index in [-0.39, 0.29) is 12.5 Å². The van der Waals surface area contributed by atoms with Crippen LogP contribution in [0.3, 0.4) is 0 Å². The van der Waals surface area contributed by atoms with Gasteiger partial charge in [-0.1, -0.05) is 16.8 Å². The molecule has 0 aliphatic heterocycles. The van der Waals surface area contributed by atoms with E-state index in [2.05, 4.69) is 15.6 Å². The number of amides is 1. The lowest BCUT2D eigenvalue weighted by Gasteiger charge is -2.00. The van der Waals surface area contributed by atoms with Gasteiger partial charge in [-0.05, 0) is 24.3 Å². The first-order valence-corrected chi connectivity index (χ1v) is 5.71. The molecule has 0 radical (unpaired) electrons. The van der Waals surface area contributed by atoms with E-state index >= 15 is 0 Å². The first-order valence-electron chi connectivity index (χ1n) is 5.33. The van der Waals surface area contributed by atoms with Crippen LogP contribution in [0.5, 0.6) is 0 Å². The summed E-state index contributed by atoms with van der Waals surface area (Å²) in [5.74, 6) is -0.226. The number of aromatic nitrogens is 3. The van der Waals surface area contributed by atoms with E-state index in [1.54, 1.807) is 23.0 Å². The van der Waals surface area contributed by atoms with Crippen LogP contribution >= 0.6 is 11.6 Å². The fourth-order valence-electron chi connectivity index (χ4n) is 1.36. The lowest BCUT2D eigenvalue weighted by atomic mass is 10.3. The van der Waals surface area contributed by atoms with Gasteiger partial charge in [0.2, 0.25) is 5.91 Å². The van der Waals surface area contributed by atoms with Crippen molar-refractivity contribution in [3.8, 4) is 5.69 Å². The molecule has 0 saturated carbocycles. The van der Waals surface area contributed by atoms with E-state index in [0.717, 1.165) is 5.69 Å². The molecule has 1 aromatic carbocycles. The molecule has 0 atom stereocenters. The highest BCUT2D eigenvalue weighted by Crippen LogP contribution is 2.12. The zero-order chi connectivity index (χ0) is 13.0. The Labute approximate surface area is 109 Å². The van der Waals surface area contributed by atoms with Crippen LogP contribution in [0.15, 0.2) is 30.5 Å². The van der Waals surface area contributed by atoms with Crippen LogP contribution in [0.2, 0.25) is 5.02 Å². The van der Waals surface area contributed by atoms with Crippen LogP contribution in [-0.2, 0) is 11.3 Å². The van der Waals surface area contributed by atoms with Crippen molar-refractivity contribution >= 4 is 17.5 Å². The summed E-state index contributed by atoms with van der Waals surface area (Å²) < 4.78 is 1.61. The predicted molar refractivity (Wildman–Crippen MR) is 67.3 cm³/mol. The van der Waals surface area contributed by atoms with E-state index in [1.165, 1.54) is 0 Å². The molecule has 94 valence electrons. The van der Waals surface area contributed by atoms with Gasteiger partial charge in [0.1, 0.15) is 5.69 Å². The number of nitrogens with two attached hydrogens (primary N) is 1. The van der Waals surface area contributed by atoms with Crippen molar-refractivity contribution < 1.29 is 4.79 Å². The van der Waals surface area contributed by atoms with Gasteiger partial charge in [0, 0.05) is 5.02 Å². The molecule has 0 fully saturated rings. The Hall–Kier alpha value is -1.92. The van der Waals surface area contributed by atoms with Crippen LogP contribution in [0.25, 0.3) is 5.69 Å². The molecular formula is C11H12ClN5O. The van der Waals surface area contributed by atoms with Gasteiger partial charge in [-0.15, -0.1) is 5.10 Å². The zero-order valence-electron chi connectivity index (χ0n) is 9.51. The lowest BCUT2D eigenvalue weighted by molar-refractivity contribution is -0.119. The molecule has 2 rings (SSSR count). The van der Waals surface area contributed by atoms with E-state index in [4.69, 9.17) is 17.3 Å². The Morgan fingerprint density at radius 1 is 1.39 bits per heavy atom. The third-order valence-electron chi connectivity index (χ3n) is 2.28. The fraction of sp³-hybridized carbons (Fsp3) is 0.182. The molecule has 0 unspecified atom stereocenters. The Bertz CT molecular complexity index is 537. The molecule has 7 heteroatoms. The molecule has 6 nitrogen and oxygen atoms in total. The normalized spacial score (nSPS) is 10.3. The largest absolute Gasteiger partial charge is 0.349 e. The van der Waals surface area contributed by atoms with Crippen LogP contribution < -0.4 is 11.1 Å². The number of carbonyl (C=O) groups is 1. The van der Waals surface area contributed by atoms with Gasteiger partial charge in [0.05, 0.1) is 25.0 Å². The molecule has 2 aromatic rings. The van der Waals surface area contributed by atoms with Crippen molar-refractivity contribution in [3.63, 3.8) is 0 Å². The Morgan fingerprint density at radius 2 is 2.11 bits per heavy atom. The molecule has 18 heavy (non-hydrogen) atoms. The highest BCUT2D eigenvalue weighted by atomic mass is 35.5. The number of rotatable bonds is 4. The fourth-order valence-corrected chi connectivity index (χ4v) is 1.49. The summed E-state index contributed by atoms with van der Waals surface area (Å²) in [6.07, 6.45) is 1.74. The Kier molecular flexibility index (Phi) is 3.91. The molecule has 3 N–H and O–H groups in total. The summed E-state index contributed by atoms with van der Waals surface area (Å²) in [5, 5.41) is 11.2. The molecule has 0 spiro atoms. The standard InChI is InChI=1S/C11H12ClN5O/c12-8-1-3-10(4-2-8)17-7-9(15-16-17)6-14-11(18)5-13/h1-4,7H,5-6,13H2,(H,14,18). The van der Waals surface area contributed by atoms with Crippen LogP contribution in [0.1, 0.15) is 5.69 Å². The highest BCUT2D eigenvalue weighted by Gasteiger charge is 2.04. The summed E-state index contributed by atoms with van der Waals surface area (Å²) in [7, 11) is 0. The summed E-state index contributed by atoms with van der Waals surface area (Å²) >= 11 is 5.80. The number of nitrogens with one attached hydrogen (secondary N) is 1. The molecule has 0 aliphatic rings. The van der Waals surface area contributed by atoms with Gasteiger partial charge in [0.15, 0.2) is 0 Å². The monoisotopic (exact) mass is 265 g/mol. The van der Waals surface area contributed by atoms with Crippen molar-refractivity contribution in [2.45, 2.75) is 6.54 Å². The quantitative estimate of drug-likeness (QED) is 0.843. The second-order valence-electron chi connectivity index (χ2n) is 3.61. The minimum atomic E-state index is -0.226. The first kappa shape index (κ1) is 12.5. The van der Waals surface area contributed by atoms with Crippen molar-refractivity contribution in [2.75, 3.05) is 6.54 Å². The molecule has 1 aromatic heterocycles. The van der Waals surface area contributed by atoms with Crippen molar-refractivity contribution in [3.05, 3.63) is 41.2 Å². The van der Waals surface area contributed by atoms with Crippen LogP contribution in [0, 0.1) is 0 Å². The lowest BCUT2D eigenvalue weighted by Crippen LogP contribution is -2.29. The number of halogens is 1. The van der Waals surface area contributed by atoms with Gasteiger partial charge >= 0.3 is 0 Å². The molecule has 0 aliphatic carbocycles. The Morgan fingerprint density at radius 3 is 2.78 bits per heavy atom. The van der Waals surface area contributed by atoms with E-state index < -0.39 is 0 Å². The summed E-state index contributed by atoms with van der Waals surface area (Å²) in [5.41, 5.74) is 6.69. The predicted octanol–water partition coefficient (Wildman–Crippen LogP) is 0.496. The third kappa shape index (κ3) is 3.06. The summed E-state index contributed by atoms with van der Waals surface area (Å²) in [6, 6.07) is 7.21. The van der Waals surface area contributed by atoms with Gasteiger partial charge in [-0.3, -0.25) is 4.79 Å². The van der Waals surface area contributed by atoms with Gasteiger partial charge in [-0.25, -0.2) is 4.68 Å². The highest BCUT2D eigenvalue weighted by molar-refractivity contribution is 6.30. The average molecular weight is 266 g/mol. The van der Waals surface area contributed by atoms with Crippen molar-refractivity contribution in [2.24, 2.45) is 5.73 Å². The van der Waals surface area contributed by atoms with E-state index in [0.29, 0.717) is 17.3 Å². The minimum absolute atomic E-state index is 0.0364. The molecule has 1 heterocycles. The summed E-state index contributed by atoms with van der Waals surface area (Å²) in [6.45, 7) is 0.273. The number of nitrogens with zero attached hydrogens (tertiary/aromatic N) is 3. The van der Waals surface area contributed by atoms with E-state index in [9.17, 15) is 4.79 Å². The van der Waals surface area contributed by atoms with E-state index in [1.807, 2.05) is 12.1 Å². The second kappa shape index (κ2) is 5.61. The number of carbonyl (C=O) groups excluding carboxylic acids is 1. The number of hydrogen-bond donors (Lipinski definition) is 2. The second-order valence-corrected chi connectivity index (χ2v) is 4.05. The van der Waals surface area contributed by atoms with Crippen LogP contribution in [-0.4, -0.2) is 27.4 Å². The maximum Gasteiger partial charge on any atom is 0.234 e. The molecule has 0 saturated heterocycles. The molecular weight excluding hydrogens is 254 g/mol. The first-order chi connectivity index (χ1) is 8.69. The minimum Gasteiger partial charge on any atom is -0.349 e. The smallest absolute Gasteiger partial charge is 0.234 e. The molecule has 0 bridgehead atoms. The topological polar surface area (TPSA) is 85.8 Å². The van der Waals surface area contributed by atoms with Gasteiger partial charge in [0.25, 0.3) is 0 Å². The SMILES string of the molecule is NCC(=O)NCc1cn(-c2ccc(Cl)cc2)nn1. The van der Waals surface area contributed by atoms with Gasteiger partial charge in [-0.2, -0.15) is 0 Å². The maximum atomic E-state index is 11.0. The average Bonchev–Trinajstić information content (AvgIpc) is 2.85. The van der Waals surface area contributed by atoms with Crippen molar-refractivity contribution in [1.82, 2.24) is 20.3 Å². The van der Waals surface area contributed by atoms with Crippen molar-refractivity contribution in [1.29, 1.82) is 0 Å². The third-order valence-corrected chi connectivity index (χ3v) is 2.54. The maximum absolute atomic E-state index is 11.0. The van der Waals surface area contributed by atoms with Crippen LogP contribution in [0.4, 0.5) is 0 Å². The van der Waals surface area contributed by atoms with Gasteiger partial charge < -0.3 is 11.1 Å². The number of hydrogen-bond acceptors (Lipinski definition) is 4. The molecule has 1 amide bonds. The zero-order valence-corrected chi connectivity index (χ0v) is 10.3.